The molecule has 1 aromatic carbocycles. The van der Waals surface area contributed by atoms with Crippen molar-refractivity contribution in [2.75, 3.05) is 6.79 Å². The molecule has 8 heteroatoms. The molecule has 0 bridgehead atoms. The highest BCUT2D eigenvalue weighted by atomic mass is 16.7. The Morgan fingerprint density at radius 2 is 1.91 bits per heavy atom. The number of nitrogens with one attached hydrogen (secondary N) is 1. The fraction of sp³-hybridized carbons (Fsp3) is 0.533. The Kier molecular flexibility index (Phi) is 4.33. The summed E-state index contributed by atoms with van der Waals surface area (Å²) in [6, 6.07) is 3.20. The van der Waals surface area contributed by atoms with Crippen LogP contribution in [0.2, 0.25) is 0 Å². The molecular formula is C15H18N2O6. The van der Waals surface area contributed by atoms with Crippen molar-refractivity contribution in [3.05, 3.63) is 27.8 Å². The van der Waals surface area contributed by atoms with Gasteiger partial charge in [-0.1, -0.05) is 0 Å². The Hall–Kier alpha value is -2.35. The smallest absolute Gasteiger partial charge is 0.306 e. The molecule has 0 aromatic heterocycles. The zero-order valence-electron chi connectivity index (χ0n) is 12.5. The molecule has 3 rings (SSSR count). The maximum atomic E-state index is 11.2. The minimum atomic E-state index is -0.741. The lowest BCUT2D eigenvalue weighted by Crippen LogP contribution is -2.34. The van der Waals surface area contributed by atoms with Crippen molar-refractivity contribution in [1.29, 1.82) is 0 Å². The first kappa shape index (κ1) is 15.5. The standard InChI is InChI=1S/C15H18N2O6/c18-15(19)9-1-3-11(4-2-9)16-7-10-5-13-14(23-8-22-13)6-12(10)17(20)21/h5-6,9,11,16H,1-4,7-8H2,(H,18,19)/t9-,11-. The lowest BCUT2D eigenvalue weighted by atomic mass is 9.86. The molecule has 0 saturated heterocycles. The minimum Gasteiger partial charge on any atom is -0.481 e. The van der Waals surface area contributed by atoms with Gasteiger partial charge in [-0.25, -0.2) is 0 Å². The second-order valence-electron chi connectivity index (χ2n) is 5.86. The quantitative estimate of drug-likeness (QED) is 0.630. The maximum absolute atomic E-state index is 11.2. The van der Waals surface area contributed by atoms with E-state index < -0.39 is 10.9 Å². The molecule has 8 nitrogen and oxygen atoms in total. The lowest BCUT2D eigenvalue weighted by molar-refractivity contribution is -0.385. The number of benzene rings is 1. The van der Waals surface area contributed by atoms with Gasteiger partial charge in [0.25, 0.3) is 5.69 Å². The number of hydrogen-bond acceptors (Lipinski definition) is 6. The molecule has 1 saturated carbocycles. The Morgan fingerprint density at radius 1 is 1.26 bits per heavy atom. The molecule has 124 valence electrons. The summed E-state index contributed by atoms with van der Waals surface area (Å²) < 4.78 is 10.4. The van der Waals surface area contributed by atoms with Gasteiger partial charge < -0.3 is 19.9 Å². The topological polar surface area (TPSA) is 111 Å². The van der Waals surface area contributed by atoms with Gasteiger partial charge in [-0.15, -0.1) is 0 Å². The Bertz CT molecular complexity index is 625. The van der Waals surface area contributed by atoms with E-state index in [2.05, 4.69) is 5.32 Å². The van der Waals surface area contributed by atoms with E-state index in [0.29, 0.717) is 36.4 Å². The van der Waals surface area contributed by atoms with Gasteiger partial charge in [0.05, 0.1) is 16.9 Å². The third-order valence-electron chi connectivity index (χ3n) is 4.43. The summed E-state index contributed by atoms with van der Waals surface area (Å²) in [4.78, 5) is 21.7. The van der Waals surface area contributed by atoms with Crippen molar-refractivity contribution in [3.63, 3.8) is 0 Å². The van der Waals surface area contributed by atoms with E-state index in [-0.39, 0.29) is 24.4 Å². The van der Waals surface area contributed by atoms with Crippen molar-refractivity contribution in [1.82, 2.24) is 5.32 Å². The number of carboxylic acids is 1. The van der Waals surface area contributed by atoms with E-state index in [0.717, 1.165) is 12.8 Å². The van der Waals surface area contributed by atoms with Crippen LogP contribution in [0.15, 0.2) is 12.1 Å². The van der Waals surface area contributed by atoms with E-state index >= 15 is 0 Å². The molecule has 1 heterocycles. The Labute approximate surface area is 132 Å². The third-order valence-corrected chi connectivity index (χ3v) is 4.43. The SMILES string of the molecule is O=C(O)[C@H]1CC[C@H](NCc2cc3c(cc2[N+](=O)[O-])OCO3)CC1. The largest absolute Gasteiger partial charge is 0.481 e. The number of carboxylic acid groups (broad SMARTS) is 1. The summed E-state index contributed by atoms with van der Waals surface area (Å²) in [5, 5.41) is 23.5. The highest BCUT2D eigenvalue weighted by Gasteiger charge is 2.27. The van der Waals surface area contributed by atoms with Crippen molar-refractivity contribution in [2.24, 2.45) is 5.92 Å². The van der Waals surface area contributed by atoms with Gasteiger partial charge in [-0.2, -0.15) is 0 Å². The van der Waals surface area contributed by atoms with Gasteiger partial charge in [0.2, 0.25) is 6.79 Å². The predicted octanol–water partition coefficient (Wildman–Crippen LogP) is 2.06. The third kappa shape index (κ3) is 3.37. The fourth-order valence-corrected chi connectivity index (χ4v) is 3.08. The van der Waals surface area contributed by atoms with Crippen LogP contribution in [-0.4, -0.2) is 28.8 Å². The highest BCUT2D eigenvalue weighted by molar-refractivity contribution is 5.70. The number of fused-ring (bicyclic) bond motifs is 1. The van der Waals surface area contributed by atoms with Crippen molar-refractivity contribution >= 4 is 11.7 Å². The van der Waals surface area contributed by atoms with E-state index in [1.54, 1.807) is 6.07 Å². The van der Waals surface area contributed by atoms with Crippen LogP contribution in [0, 0.1) is 16.0 Å². The summed E-state index contributed by atoms with van der Waals surface area (Å²) in [5.41, 5.74) is 0.542. The van der Waals surface area contributed by atoms with Crippen molar-refractivity contribution < 1.29 is 24.3 Å². The van der Waals surface area contributed by atoms with Gasteiger partial charge in [0, 0.05) is 18.2 Å². The van der Waals surface area contributed by atoms with Crippen LogP contribution in [0.1, 0.15) is 31.2 Å². The van der Waals surface area contributed by atoms with Crippen LogP contribution in [0.25, 0.3) is 0 Å². The first-order chi connectivity index (χ1) is 11.0. The minimum absolute atomic E-state index is 0.000900. The number of ether oxygens (including phenoxy) is 2. The fourth-order valence-electron chi connectivity index (χ4n) is 3.08. The normalized spacial score (nSPS) is 22.8. The molecular weight excluding hydrogens is 304 g/mol. The average molecular weight is 322 g/mol. The predicted molar refractivity (Wildman–Crippen MR) is 79.4 cm³/mol. The van der Waals surface area contributed by atoms with Crippen LogP contribution < -0.4 is 14.8 Å². The lowest BCUT2D eigenvalue weighted by Gasteiger charge is -2.26. The van der Waals surface area contributed by atoms with E-state index in [1.165, 1.54) is 6.07 Å². The number of nitro benzene ring substituents is 1. The average Bonchev–Trinajstić information content (AvgIpc) is 2.99. The van der Waals surface area contributed by atoms with Crippen LogP contribution in [0.3, 0.4) is 0 Å². The van der Waals surface area contributed by atoms with Crippen LogP contribution >= 0.6 is 0 Å². The summed E-state index contributed by atoms with van der Waals surface area (Å²) in [6.07, 6.45) is 2.79. The first-order valence-corrected chi connectivity index (χ1v) is 7.57. The van der Waals surface area contributed by atoms with E-state index in [1.807, 2.05) is 0 Å². The van der Waals surface area contributed by atoms with Gasteiger partial charge >= 0.3 is 5.97 Å². The Morgan fingerprint density at radius 3 is 2.52 bits per heavy atom. The number of nitro groups is 1. The second kappa shape index (κ2) is 6.41. The highest BCUT2D eigenvalue weighted by Crippen LogP contribution is 2.38. The molecule has 1 aromatic rings. The molecule has 2 aliphatic rings. The second-order valence-corrected chi connectivity index (χ2v) is 5.86. The molecule has 0 unspecified atom stereocenters. The molecule has 2 N–H and O–H groups in total. The molecule has 1 fully saturated rings. The van der Waals surface area contributed by atoms with E-state index in [4.69, 9.17) is 14.6 Å². The summed E-state index contributed by atoms with van der Waals surface area (Å²) in [5.74, 6) is -0.104. The molecule has 0 radical (unpaired) electrons. The summed E-state index contributed by atoms with van der Waals surface area (Å²) >= 11 is 0. The number of aliphatic carboxylic acids is 1. The number of hydrogen-bond donors (Lipinski definition) is 2. The molecule has 1 aliphatic heterocycles. The monoisotopic (exact) mass is 322 g/mol. The van der Waals surface area contributed by atoms with Gasteiger partial charge in [-0.05, 0) is 31.7 Å². The molecule has 0 spiro atoms. The van der Waals surface area contributed by atoms with Gasteiger partial charge in [0.1, 0.15) is 0 Å². The number of rotatable bonds is 5. The zero-order valence-corrected chi connectivity index (χ0v) is 12.5. The molecule has 0 amide bonds. The van der Waals surface area contributed by atoms with Crippen LogP contribution in [0.5, 0.6) is 11.5 Å². The molecule has 23 heavy (non-hydrogen) atoms. The van der Waals surface area contributed by atoms with Gasteiger partial charge in [0.15, 0.2) is 11.5 Å². The van der Waals surface area contributed by atoms with Crippen molar-refractivity contribution in [2.45, 2.75) is 38.3 Å². The van der Waals surface area contributed by atoms with Crippen LogP contribution in [-0.2, 0) is 11.3 Å². The molecule has 1 aliphatic carbocycles. The summed E-state index contributed by atoms with van der Waals surface area (Å²) in [7, 11) is 0. The van der Waals surface area contributed by atoms with Gasteiger partial charge in [-0.3, -0.25) is 14.9 Å². The molecule has 0 atom stereocenters. The Balaban J connectivity index is 1.64. The van der Waals surface area contributed by atoms with E-state index in [9.17, 15) is 14.9 Å². The first-order valence-electron chi connectivity index (χ1n) is 7.57. The van der Waals surface area contributed by atoms with Crippen molar-refractivity contribution in [3.8, 4) is 11.5 Å². The maximum Gasteiger partial charge on any atom is 0.306 e. The zero-order chi connectivity index (χ0) is 16.4. The number of carbonyl (C=O) groups is 1. The van der Waals surface area contributed by atoms with Crippen LogP contribution in [0.4, 0.5) is 5.69 Å². The summed E-state index contributed by atoms with van der Waals surface area (Å²) in [6.45, 7) is 0.415. The number of nitrogens with zero attached hydrogens (tertiary/aromatic N) is 1.